The molecule has 3 rings (SSSR count). The number of fused-ring (bicyclic) bond motifs is 1. The van der Waals surface area contributed by atoms with Crippen molar-refractivity contribution < 1.29 is 9.53 Å². The molecule has 1 aromatic heterocycles. The lowest BCUT2D eigenvalue weighted by Crippen LogP contribution is -2.57. The monoisotopic (exact) mass is 289 g/mol. The molecule has 0 aromatic carbocycles. The fourth-order valence-corrected chi connectivity index (χ4v) is 3.38. The maximum absolute atomic E-state index is 10.9. The molecular formula is C16H23N3O2. The SMILES string of the molecule is CC(=O)OCC1CCC2CN(c3ccccn3)CCN2C1. The van der Waals surface area contributed by atoms with E-state index in [-0.39, 0.29) is 5.97 Å². The van der Waals surface area contributed by atoms with Gasteiger partial charge in [-0.3, -0.25) is 9.69 Å². The minimum atomic E-state index is -0.169. The minimum Gasteiger partial charge on any atom is -0.466 e. The van der Waals surface area contributed by atoms with Gasteiger partial charge in [0.1, 0.15) is 5.82 Å². The van der Waals surface area contributed by atoms with Crippen LogP contribution in [0, 0.1) is 5.92 Å². The van der Waals surface area contributed by atoms with Gasteiger partial charge in [-0.2, -0.15) is 0 Å². The number of carbonyl (C=O) groups excluding carboxylic acids is 1. The molecule has 5 heteroatoms. The maximum Gasteiger partial charge on any atom is 0.302 e. The third-order valence-corrected chi connectivity index (χ3v) is 4.50. The van der Waals surface area contributed by atoms with Gasteiger partial charge in [0.15, 0.2) is 0 Å². The zero-order valence-electron chi connectivity index (χ0n) is 12.6. The van der Waals surface area contributed by atoms with E-state index in [9.17, 15) is 4.79 Å². The van der Waals surface area contributed by atoms with Gasteiger partial charge < -0.3 is 9.64 Å². The van der Waals surface area contributed by atoms with Gasteiger partial charge in [0.2, 0.25) is 0 Å². The van der Waals surface area contributed by atoms with Crippen molar-refractivity contribution in [3.8, 4) is 0 Å². The summed E-state index contributed by atoms with van der Waals surface area (Å²) in [6.07, 6.45) is 4.18. The summed E-state index contributed by atoms with van der Waals surface area (Å²) >= 11 is 0. The first-order valence-corrected chi connectivity index (χ1v) is 7.76. The molecule has 0 radical (unpaired) electrons. The van der Waals surface area contributed by atoms with Crippen LogP contribution in [0.4, 0.5) is 5.82 Å². The standard InChI is InChI=1S/C16H23N3O2/c1-13(20)21-12-14-5-6-15-11-19(9-8-18(15)10-14)16-4-2-3-7-17-16/h2-4,7,14-15H,5-6,8-12H2,1H3. The van der Waals surface area contributed by atoms with Gasteiger partial charge in [-0.1, -0.05) is 6.07 Å². The summed E-state index contributed by atoms with van der Waals surface area (Å²) in [5, 5.41) is 0. The highest BCUT2D eigenvalue weighted by atomic mass is 16.5. The molecule has 21 heavy (non-hydrogen) atoms. The van der Waals surface area contributed by atoms with Gasteiger partial charge in [-0.25, -0.2) is 4.98 Å². The van der Waals surface area contributed by atoms with E-state index in [1.807, 2.05) is 18.3 Å². The molecule has 0 N–H and O–H groups in total. The third kappa shape index (κ3) is 3.53. The van der Waals surface area contributed by atoms with Crippen molar-refractivity contribution in [2.75, 3.05) is 37.7 Å². The maximum atomic E-state index is 10.9. The highest BCUT2D eigenvalue weighted by Crippen LogP contribution is 2.27. The zero-order valence-corrected chi connectivity index (χ0v) is 12.6. The molecule has 0 aliphatic carbocycles. The van der Waals surface area contributed by atoms with Crippen LogP contribution in [0.1, 0.15) is 19.8 Å². The van der Waals surface area contributed by atoms with Crippen LogP contribution in [0.3, 0.4) is 0 Å². The van der Waals surface area contributed by atoms with Crippen LogP contribution in [0.15, 0.2) is 24.4 Å². The van der Waals surface area contributed by atoms with Gasteiger partial charge in [0.25, 0.3) is 0 Å². The Kier molecular flexibility index (Phi) is 4.39. The second-order valence-corrected chi connectivity index (χ2v) is 6.03. The summed E-state index contributed by atoms with van der Waals surface area (Å²) in [4.78, 5) is 20.3. The average molecular weight is 289 g/mol. The van der Waals surface area contributed by atoms with Crippen molar-refractivity contribution in [1.29, 1.82) is 0 Å². The van der Waals surface area contributed by atoms with Crippen molar-refractivity contribution in [2.24, 2.45) is 5.92 Å². The number of nitrogens with zero attached hydrogens (tertiary/aromatic N) is 3. The van der Waals surface area contributed by atoms with Gasteiger partial charge in [-0.15, -0.1) is 0 Å². The molecule has 2 aliphatic rings. The van der Waals surface area contributed by atoms with E-state index in [1.54, 1.807) is 0 Å². The van der Waals surface area contributed by atoms with E-state index < -0.39 is 0 Å². The number of piperidine rings is 1. The first-order chi connectivity index (χ1) is 10.2. The fraction of sp³-hybridized carbons (Fsp3) is 0.625. The molecule has 2 atom stereocenters. The molecule has 5 nitrogen and oxygen atoms in total. The van der Waals surface area contributed by atoms with Crippen molar-refractivity contribution in [3.05, 3.63) is 24.4 Å². The zero-order chi connectivity index (χ0) is 14.7. The quantitative estimate of drug-likeness (QED) is 0.790. The number of esters is 1. The Morgan fingerprint density at radius 3 is 3.00 bits per heavy atom. The minimum absolute atomic E-state index is 0.169. The molecule has 2 fully saturated rings. The van der Waals surface area contributed by atoms with Crippen LogP contribution in [-0.2, 0) is 9.53 Å². The number of rotatable bonds is 3. The van der Waals surface area contributed by atoms with Crippen LogP contribution in [0.25, 0.3) is 0 Å². The molecule has 0 spiro atoms. The Balaban J connectivity index is 1.54. The Hall–Kier alpha value is -1.62. The van der Waals surface area contributed by atoms with Crippen LogP contribution < -0.4 is 4.90 Å². The molecule has 2 unspecified atom stereocenters. The smallest absolute Gasteiger partial charge is 0.302 e. The van der Waals surface area contributed by atoms with E-state index >= 15 is 0 Å². The second kappa shape index (κ2) is 6.43. The molecule has 0 saturated carbocycles. The number of piperazine rings is 1. The number of pyridine rings is 1. The summed E-state index contributed by atoms with van der Waals surface area (Å²) in [6.45, 7) is 6.25. The lowest BCUT2D eigenvalue weighted by Gasteiger charge is -2.46. The Bertz CT molecular complexity index is 480. The number of hydrogen-bond acceptors (Lipinski definition) is 5. The predicted molar refractivity (Wildman–Crippen MR) is 81.2 cm³/mol. The molecule has 0 amide bonds. The first kappa shape index (κ1) is 14.3. The van der Waals surface area contributed by atoms with Crippen molar-refractivity contribution in [3.63, 3.8) is 0 Å². The fourth-order valence-electron chi connectivity index (χ4n) is 3.38. The Morgan fingerprint density at radius 2 is 2.24 bits per heavy atom. The van der Waals surface area contributed by atoms with E-state index in [1.165, 1.54) is 13.3 Å². The lowest BCUT2D eigenvalue weighted by atomic mass is 9.91. The van der Waals surface area contributed by atoms with E-state index in [0.717, 1.165) is 38.4 Å². The van der Waals surface area contributed by atoms with Crippen LogP contribution in [-0.4, -0.2) is 54.7 Å². The molecule has 114 valence electrons. The first-order valence-electron chi connectivity index (χ1n) is 7.76. The third-order valence-electron chi connectivity index (χ3n) is 4.50. The second-order valence-electron chi connectivity index (χ2n) is 6.03. The highest BCUT2D eigenvalue weighted by Gasteiger charge is 2.33. The number of ether oxygens (including phenoxy) is 1. The molecular weight excluding hydrogens is 266 g/mol. The normalized spacial score (nSPS) is 26.2. The number of anilines is 1. The Morgan fingerprint density at radius 1 is 1.33 bits per heavy atom. The van der Waals surface area contributed by atoms with Gasteiger partial charge in [-0.05, 0) is 25.0 Å². The van der Waals surface area contributed by atoms with E-state index in [4.69, 9.17) is 4.74 Å². The average Bonchev–Trinajstić information content (AvgIpc) is 2.53. The molecule has 0 bridgehead atoms. The topological polar surface area (TPSA) is 45.7 Å². The summed E-state index contributed by atoms with van der Waals surface area (Å²) in [7, 11) is 0. The van der Waals surface area contributed by atoms with Crippen LogP contribution >= 0.6 is 0 Å². The highest BCUT2D eigenvalue weighted by molar-refractivity contribution is 5.65. The predicted octanol–water partition coefficient (Wildman–Crippen LogP) is 1.55. The van der Waals surface area contributed by atoms with Crippen molar-refractivity contribution in [2.45, 2.75) is 25.8 Å². The largest absolute Gasteiger partial charge is 0.466 e. The number of aromatic nitrogens is 1. The van der Waals surface area contributed by atoms with Crippen LogP contribution in [0.2, 0.25) is 0 Å². The van der Waals surface area contributed by atoms with Gasteiger partial charge in [0, 0.05) is 51.3 Å². The lowest BCUT2D eigenvalue weighted by molar-refractivity contribution is -0.143. The van der Waals surface area contributed by atoms with Crippen molar-refractivity contribution in [1.82, 2.24) is 9.88 Å². The summed E-state index contributed by atoms with van der Waals surface area (Å²) < 4.78 is 5.17. The van der Waals surface area contributed by atoms with Gasteiger partial charge >= 0.3 is 5.97 Å². The van der Waals surface area contributed by atoms with Gasteiger partial charge in [0.05, 0.1) is 6.61 Å². The molecule has 3 heterocycles. The summed E-state index contributed by atoms with van der Waals surface area (Å²) in [5.74, 6) is 1.41. The van der Waals surface area contributed by atoms with Crippen LogP contribution in [0.5, 0.6) is 0 Å². The number of hydrogen-bond donors (Lipinski definition) is 0. The van der Waals surface area contributed by atoms with E-state index in [0.29, 0.717) is 18.6 Å². The van der Waals surface area contributed by atoms with E-state index in [2.05, 4.69) is 20.9 Å². The molecule has 1 aromatic rings. The Labute approximate surface area is 125 Å². The summed E-state index contributed by atoms with van der Waals surface area (Å²) in [5.41, 5.74) is 0. The van der Waals surface area contributed by atoms with Crippen molar-refractivity contribution >= 4 is 11.8 Å². The molecule has 2 aliphatic heterocycles. The molecule has 2 saturated heterocycles. The number of carbonyl (C=O) groups is 1. The summed E-state index contributed by atoms with van der Waals surface area (Å²) in [6, 6.07) is 6.70.